The maximum Gasteiger partial charge on any atom is 0.381 e. The summed E-state index contributed by atoms with van der Waals surface area (Å²) in [5.74, 6) is 0. The molecule has 0 radical (unpaired) electrons. The van der Waals surface area contributed by atoms with E-state index in [1.807, 2.05) is 0 Å². The van der Waals surface area contributed by atoms with E-state index >= 15 is 0 Å². The lowest BCUT2D eigenvalue weighted by molar-refractivity contribution is -0.114. The molecule has 2 aromatic heterocycles. The van der Waals surface area contributed by atoms with Crippen LogP contribution >= 0.6 is 7.60 Å². The fourth-order valence-corrected chi connectivity index (χ4v) is 2.49. The summed E-state index contributed by atoms with van der Waals surface area (Å²) in [4.78, 5) is 28.9. The van der Waals surface area contributed by atoms with Crippen LogP contribution < -0.4 is 5.49 Å². The molecule has 4 N–H and O–H groups in total. The van der Waals surface area contributed by atoms with E-state index in [-0.39, 0.29) is 12.0 Å². The quantitative estimate of drug-likeness (QED) is 0.424. The second kappa shape index (κ2) is 6.04. The third kappa shape index (κ3) is 3.55. The smallest absolute Gasteiger partial charge is 0.346 e. The van der Waals surface area contributed by atoms with Crippen LogP contribution in [0.25, 0.3) is 11.2 Å². The van der Waals surface area contributed by atoms with Crippen molar-refractivity contribution < 1.29 is 23.8 Å². The van der Waals surface area contributed by atoms with Gasteiger partial charge in [0.15, 0.2) is 11.1 Å². The van der Waals surface area contributed by atoms with E-state index < -0.39 is 19.7 Å². The van der Waals surface area contributed by atoms with Crippen LogP contribution in [0.15, 0.2) is 12.7 Å². The van der Waals surface area contributed by atoms with Gasteiger partial charge in [-0.2, -0.15) is 0 Å². The van der Waals surface area contributed by atoms with Gasteiger partial charge in [0.1, 0.15) is 5.52 Å². The van der Waals surface area contributed by atoms with Gasteiger partial charge in [-0.3, -0.25) is 9.97 Å². The van der Waals surface area contributed by atoms with Gasteiger partial charge in [0.05, 0.1) is 25.3 Å². The van der Waals surface area contributed by atoms with Crippen LogP contribution in [-0.4, -0.2) is 48.6 Å². The Morgan fingerprint density at radius 1 is 1.52 bits per heavy atom. The lowest BCUT2D eigenvalue weighted by Crippen LogP contribution is -2.26. The van der Waals surface area contributed by atoms with Crippen molar-refractivity contribution in [1.29, 1.82) is 5.41 Å². The first-order valence-corrected chi connectivity index (χ1v) is 7.67. The summed E-state index contributed by atoms with van der Waals surface area (Å²) >= 11 is 0. The Labute approximate surface area is 119 Å². The fraction of sp³-hybridized carbons (Fsp3) is 0.500. The van der Waals surface area contributed by atoms with Gasteiger partial charge in [-0.1, -0.05) is 0 Å². The number of aromatic nitrogens is 4. The van der Waals surface area contributed by atoms with Crippen LogP contribution in [0.3, 0.4) is 0 Å². The van der Waals surface area contributed by atoms with Crippen molar-refractivity contribution in [3.8, 4) is 0 Å². The van der Waals surface area contributed by atoms with Gasteiger partial charge < -0.3 is 28.8 Å². The number of rotatable bonds is 6. The third-order valence-corrected chi connectivity index (χ3v) is 3.61. The molecule has 116 valence electrons. The normalized spacial score (nSPS) is 15.2. The summed E-state index contributed by atoms with van der Waals surface area (Å²) in [5.41, 5.74) is 1.05. The molecule has 0 aliphatic carbocycles. The maximum atomic E-state index is 11.1. The van der Waals surface area contributed by atoms with Crippen LogP contribution in [0.2, 0.25) is 0 Å². The van der Waals surface area contributed by atoms with E-state index in [1.54, 1.807) is 11.5 Å². The topological polar surface area (TPSA) is 146 Å². The molecular formula is C10H16N5O5P. The van der Waals surface area contributed by atoms with E-state index in [1.165, 1.54) is 12.7 Å². The largest absolute Gasteiger partial charge is 0.381 e. The highest BCUT2D eigenvalue weighted by Gasteiger charge is 2.31. The SMILES string of the molecule is COC(OC(C)Cn1cnc(=N)c2[nH]cnc21)P(=O)(O)O. The number of nitrogens with one attached hydrogen (secondary N) is 2. The van der Waals surface area contributed by atoms with E-state index in [2.05, 4.69) is 19.7 Å². The third-order valence-electron chi connectivity index (χ3n) is 2.73. The Hall–Kier alpha value is -1.58. The van der Waals surface area contributed by atoms with Gasteiger partial charge in [-0.15, -0.1) is 0 Å². The molecule has 10 nitrogen and oxygen atoms in total. The van der Waals surface area contributed by atoms with Crippen molar-refractivity contribution in [2.24, 2.45) is 0 Å². The number of ether oxygens (including phenoxy) is 2. The second-order valence-electron chi connectivity index (χ2n) is 4.43. The second-order valence-corrected chi connectivity index (χ2v) is 6.03. The first kappa shape index (κ1) is 15.8. The number of hydrogen-bond acceptors (Lipinski definition) is 6. The van der Waals surface area contributed by atoms with E-state index in [0.29, 0.717) is 11.2 Å². The standard InChI is InChI=1S/C10H16N5O5P/c1-6(20-10(19-2)21(16,17)18)3-15-5-14-8(11)7-9(15)13-4-12-7/h4-6,10-11H,3H2,1-2H3,(H,12,13)(H2,16,17,18). The first-order chi connectivity index (χ1) is 9.82. The molecule has 0 amide bonds. The Morgan fingerprint density at radius 3 is 2.86 bits per heavy atom. The van der Waals surface area contributed by atoms with Crippen molar-refractivity contribution in [2.75, 3.05) is 7.11 Å². The lowest BCUT2D eigenvalue weighted by atomic mass is 10.4. The highest BCUT2D eigenvalue weighted by Crippen LogP contribution is 2.42. The first-order valence-electron chi connectivity index (χ1n) is 5.99. The molecule has 2 heterocycles. The number of aromatic amines is 1. The van der Waals surface area contributed by atoms with Gasteiger partial charge in [-0.05, 0) is 6.92 Å². The van der Waals surface area contributed by atoms with E-state index in [9.17, 15) is 4.57 Å². The monoisotopic (exact) mass is 317 g/mol. The van der Waals surface area contributed by atoms with Crippen LogP contribution in [0.1, 0.15) is 6.92 Å². The summed E-state index contributed by atoms with van der Waals surface area (Å²) in [7, 11) is -3.34. The maximum absolute atomic E-state index is 11.1. The Morgan fingerprint density at radius 2 is 2.24 bits per heavy atom. The predicted molar refractivity (Wildman–Crippen MR) is 71.1 cm³/mol. The molecule has 2 rings (SSSR count). The minimum atomic E-state index is -4.50. The molecule has 0 fully saturated rings. The minimum absolute atomic E-state index is 0.0670. The lowest BCUT2D eigenvalue weighted by Gasteiger charge is -2.22. The van der Waals surface area contributed by atoms with Crippen molar-refractivity contribution in [3.63, 3.8) is 0 Å². The van der Waals surface area contributed by atoms with E-state index in [0.717, 1.165) is 7.11 Å². The molecule has 0 saturated carbocycles. The zero-order chi connectivity index (χ0) is 15.6. The summed E-state index contributed by atoms with van der Waals surface area (Å²) in [5, 5.41) is 7.63. The Bertz CT molecular complexity index is 722. The zero-order valence-electron chi connectivity index (χ0n) is 11.4. The molecule has 2 aromatic rings. The summed E-state index contributed by atoms with van der Waals surface area (Å²) < 4.78 is 22.6. The van der Waals surface area contributed by atoms with Gasteiger partial charge >= 0.3 is 7.60 Å². The molecule has 0 spiro atoms. The van der Waals surface area contributed by atoms with Gasteiger partial charge in [0, 0.05) is 7.11 Å². The minimum Gasteiger partial charge on any atom is -0.346 e. The number of fused-ring (bicyclic) bond motifs is 1. The summed E-state index contributed by atoms with van der Waals surface area (Å²) in [6.07, 6.45) is 2.30. The van der Waals surface area contributed by atoms with Crippen LogP contribution in [0.4, 0.5) is 0 Å². The molecule has 0 bridgehead atoms. The number of imidazole rings is 1. The van der Waals surface area contributed by atoms with Crippen LogP contribution in [-0.2, 0) is 20.6 Å². The average molecular weight is 317 g/mol. The molecular weight excluding hydrogens is 301 g/mol. The fourth-order valence-electron chi connectivity index (χ4n) is 1.85. The Kier molecular flexibility index (Phi) is 4.55. The average Bonchev–Trinajstić information content (AvgIpc) is 2.88. The highest BCUT2D eigenvalue weighted by atomic mass is 31.2. The molecule has 0 aliphatic heterocycles. The van der Waals surface area contributed by atoms with Crippen molar-refractivity contribution in [2.45, 2.75) is 25.6 Å². The molecule has 2 atom stereocenters. The molecule has 11 heteroatoms. The van der Waals surface area contributed by atoms with Gasteiger partial charge in [0.2, 0.25) is 0 Å². The van der Waals surface area contributed by atoms with Crippen LogP contribution in [0, 0.1) is 5.41 Å². The van der Waals surface area contributed by atoms with Crippen molar-refractivity contribution in [1.82, 2.24) is 19.5 Å². The predicted octanol–water partition coefficient (Wildman–Crippen LogP) is -0.248. The Balaban J connectivity index is 2.17. The number of H-pyrrole nitrogens is 1. The van der Waals surface area contributed by atoms with Gasteiger partial charge in [-0.25, -0.2) is 9.97 Å². The van der Waals surface area contributed by atoms with Crippen molar-refractivity contribution >= 4 is 18.8 Å². The van der Waals surface area contributed by atoms with E-state index in [4.69, 9.17) is 19.9 Å². The van der Waals surface area contributed by atoms with Gasteiger partial charge in [0.25, 0.3) is 6.03 Å². The van der Waals surface area contributed by atoms with Crippen molar-refractivity contribution in [3.05, 3.63) is 18.1 Å². The number of nitrogens with zero attached hydrogens (tertiary/aromatic N) is 3. The highest BCUT2D eigenvalue weighted by molar-refractivity contribution is 7.52. The molecule has 0 aromatic carbocycles. The number of hydrogen-bond donors (Lipinski definition) is 4. The van der Waals surface area contributed by atoms with Crippen LogP contribution in [0.5, 0.6) is 0 Å². The number of methoxy groups -OCH3 is 1. The molecule has 21 heavy (non-hydrogen) atoms. The zero-order valence-corrected chi connectivity index (χ0v) is 12.3. The summed E-state index contributed by atoms with van der Waals surface area (Å²) in [6, 6.07) is -1.62. The summed E-state index contributed by atoms with van der Waals surface area (Å²) in [6.45, 7) is 1.89. The molecule has 0 saturated heterocycles. The molecule has 0 aliphatic rings. The molecule has 2 unspecified atom stereocenters.